The second-order valence-electron chi connectivity index (χ2n) is 6.50. The average Bonchev–Trinajstić information content (AvgIpc) is 3.19. The summed E-state index contributed by atoms with van der Waals surface area (Å²) in [6.07, 6.45) is 5.87. The zero-order valence-corrected chi connectivity index (χ0v) is 14.3. The van der Waals surface area contributed by atoms with Gasteiger partial charge in [0.25, 0.3) is 5.91 Å². The van der Waals surface area contributed by atoms with Crippen molar-refractivity contribution in [2.45, 2.75) is 19.4 Å². The average molecular weight is 343 g/mol. The molecule has 1 aliphatic rings. The summed E-state index contributed by atoms with van der Waals surface area (Å²) in [6, 6.07) is 7.48. The fraction of sp³-hybridized carbons (Fsp3) is 0.333. The first-order valence-electron chi connectivity index (χ1n) is 8.14. The van der Waals surface area contributed by atoms with E-state index < -0.39 is 0 Å². The van der Waals surface area contributed by atoms with Crippen molar-refractivity contribution < 1.29 is 4.79 Å². The van der Waals surface area contributed by atoms with Crippen molar-refractivity contribution in [3.05, 3.63) is 53.2 Å². The Balaban J connectivity index is 1.47. The summed E-state index contributed by atoms with van der Waals surface area (Å²) in [5, 5.41) is 1.66. The summed E-state index contributed by atoms with van der Waals surface area (Å²) in [7, 11) is 1.86. The van der Waals surface area contributed by atoms with Gasteiger partial charge in [-0.3, -0.25) is 4.79 Å². The fourth-order valence-corrected chi connectivity index (χ4v) is 3.63. The quantitative estimate of drug-likeness (QED) is 0.793. The molecule has 0 saturated carbocycles. The minimum atomic E-state index is 0.0104. The van der Waals surface area contributed by atoms with Gasteiger partial charge < -0.3 is 14.5 Å². The van der Waals surface area contributed by atoms with Gasteiger partial charge in [-0.25, -0.2) is 4.98 Å². The van der Waals surface area contributed by atoms with E-state index >= 15 is 0 Å². The van der Waals surface area contributed by atoms with Gasteiger partial charge in [-0.05, 0) is 30.5 Å². The van der Waals surface area contributed by atoms with Crippen molar-refractivity contribution in [3.63, 3.8) is 0 Å². The number of fused-ring (bicyclic) bond motifs is 2. The molecule has 1 N–H and O–H groups in total. The zero-order valence-electron chi connectivity index (χ0n) is 13.5. The molecule has 124 valence electrons. The molecule has 1 atom stereocenters. The van der Waals surface area contributed by atoms with Crippen molar-refractivity contribution in [2.24, 2.45) is 5.92 Å². The lowest BCUT2D eigenvalue weighted by atomic mass is 9.97. The SMILES string of the molecule is CN(C[C@@H]1CCn2ccnc2C1)C(=O)c1cc2ccc(Cl)cc2[nH]1. The molecule has 5 nitrogen and oxygen atoms in total. The summed E-state index contributed by atoms with van der Waals surface area (Å²) in [5.41, 5.74) is 1.49. The number of nitrogens with zero attached hydrogens (tertiary/aromatic N) is 3. The van der Waals surface area contributed by atoms with Gasteiger partial charge in [0, 0.05) is 54.9 Å². The molecule has 0 saturated heterocycles. The van der Waals surface area contributed by atoms with Crippen LogP contribution in [0.2, 0.25) is 5.02 Å². The topological polar surface area (TPSA) is 53.9 Å². The Morgan fingerprint density at radius 1 is 1.46 bits per heavy atom. The number of carbonyl (C=O) groups excluding carboxylic acids is 1. The van der Waals surface area contributed by atoms with Crippen molar-refractivity contribution >= 4 is 28.4 Å². The van der Waals surface area contributed by atoms with Gasteiger partial charge in [0.1, 0.15) is 11.5 Å². The second kappa shape index (κ2) is 5.98. The van der Waals surface area contributed by atoms with Crippen LogP contribution in [0.4, 0.5) is 0 Å². The predicted molar refractivity (Wildman–Crippen MR) is 94.3 cm³/mol. The maximum absolute atomic E-state index is 12.7. The molecular formula is C18H19ClN4O. The molecule has 3 aromatic rings. The van der Waals surface area contributed by atoms with Crippen LogP contribution in [-0.2, 0) is 13.0 Å². The van der Waals surface area contributed by atoms with Crippen LogP contribution in [0, 0.1) is 5.92 Å². The molecule has 4 rings (SSSR count). The van der Waals surface area contributed by atoms with E-state index in [0.717, 1.165) is 42.7 Å². The van der Waals surface area contributed by atoms with E-state index in [1.54, 1.807) is 4.90 Å². The Labute approximate surface area is 145 Å². The van der Waals surface area contributed by atoms with E-state index in [2.05, 4.69) is 14.5 Å². The lowest BCUT2D eigenvalue weighted by Crippen LogP contribution is -2.35. The van der Waals surface area contributed by atoms with Gasteiger partial charge in [-0.2, -0.15) is 0 Å². The number of amides is 1. The van der Waals surface area contributed by atoms with Crippen LogP contribution in [0.15, 0.2) is 36.7 Å². The standard InChI is InChI=1S/C18H19ClN4O/c1-22(11-12-4-6-23-7-5-20-17(23)8-12)18(24)16-9-13-2-3-14(19)10-15(13)21-16/h2-3,5,7,9-10,12,21H,4,6,8,11H2,1H3/t12-/m1/s1. The number of hydrogen-bond acceptors (Lipinski definition) is 2. The van der Waals surface area contributed by atoms with Crippen molar-refractivity contribution in [3.8, 4) is 0 Å². The summed E-state index contributed by atoms with van der Waals surface area (Å²) in [6.45, 7) is 1.72. The van der Waals surface area contributed by atoms with Crippen molar-refractivity contribution in [1.82, 2.24) is 19.4 Å². The van der Waals surface area contributed by atoms with E-state index in [1.165, 1.54) is 0 Å². The smallest absolute Gasteiger partial charge is 0.270 e. The van der Waals surface area contributed by atoms with Crippen LogP contribution in [0.25, 0.3) is 10.9 Å². The molecule has 0 radical (unpaired) electrons. The monoisotopic (exact) mass is 342 g/mol. The highest BCUT2D eigenvalue weighted by Crippen LogP contribution is 2.22. The number of hydrogen-bond donors (Lipinski definition) is 1. The summed E-state index contributed by atoms with van der Waals surface area (Å²) in [4.78, 5) is 22.1. The lowest BCUT2D eigenvalue weighted by molar-refractivity contribution is 0.0759. The minimum absolute atomic E-state index is 0.0104. The minimum Gasteiger partial charge on any atom is -0.350 e. The van der Waals surface area contributed by atoms with Crippen LogP contribution in [0.5, 0.6) is 0 Å². The number of benzene rings is 1. The van der Waals surface area contributed by atoms with Gasteiger partial charge in [-0.1, -0.05) is 17.7 Å². The highest BCUT2D eigenvalue weighted by atomic mass is 35.5. The maximum atomic E-state index is 12.7. The Hall–Kier alpha value is -2.27. The Kier molecular flexibility index (Phi) is 3.81. The number of H-pyrrole nitrogens is 1. The Morgan fingerprint density at radius 2 is 2.33 bits per heavy atom. The first-order chi connectivity index (χ1) is 11.6. The number of aryl methyl sites for hydroxylation is 1. The number of halogens is 1. The third-order valence-electron chi connectivity index (χ3n) is 4.74. The molecule has 2 aromatic heterocycles. The lowest BCUT2D eigenvalue weighted by Gasteiger charge is -2.27. The van der Waals surface area contributed by atoms with Gasteiger partial charge in [0.15, 0.2) is 0 Å². The molecule has 1 aliphatic heterocycles. The maximum Gasteiger partial charge on any atom is 0.270 e. The van der Waals surface area contributed by atoms with Crippen molar-refractivity contribution in [2.75, 3.05) is 13.6 Å². The fourth-order valence-electron chi connectivity index (χ4n) is 3.46. The first-order valence-corrected chi connectivity index (χ1v) is 8.51. The number of nitrogens with one attached hydrogen (secondary N) is 1. The molecule has 1 aromatic carbocycles. The molecule has 0 unspecified atom stereocenters. The first kappa shape index (κ1) is 15.3. The molecule has 0 spiro atoms. The number of aromatic nitrogens is 3. The van der Waals surface area contributed by atoms with E-state index in [9.17, 15) is 4.79 Å². The summed E-state index contributed by atoms with van der Waals surface area (Å²) < 4.78 is 2.19. The third kappa shape index (κ3) is 2.80. The van der Waals surface area contributed by atoms with Gasteiger partial charge in [-0.15, -0.1) is 0 Å². The van der Waals surface area contributed by atoms with Gasteiger partial charge >= 0.3 is 0 Å². The van der Waals surface area contributed by atoms with E-state index in [-0.39, 0.29) is 5.91 Å². The molecule has 0 aliphatic carbocycles. The molecule has 0 bridgehead atoms. The number of carbonyl (C=O) groups is 1. The third-order valence-corrected chi connectivity index (χ3v) is 4.98. The van der Waals surface area contributed by atoms with Crippen LogP contribution < -0.4 is 0 Å². The largest absolute Gasteiger partial charge is 0.350 e. The van der Waals surface area contributed by atoms with Gasteiger partial charge in [0.05, 0.1) is 0 Å². The summed E-state index contributed by atoms with van der Waals surface area (Å²) in [5.74, 6) is 1.58. The molecule has 0 fully saturated rings. The van der Waals surface area contributed by atoms with Crippen LogP contribution in [-0.4, -0.2) is 38.9 Å². The highest BCUT2D eigenvalue weighted by Gasteiger charge is 2.23. The number of rotatable bonds is 3. The van der Waals surface area contributed by atoms with Crippen LogP contribution in [0.1, 0.15) is 22.7 Å². The van der Waals surface area contributed by atoms with Crippen LogP contribution in [0.3, 0.4) is 0 Å². The normalized spacial score (nSPS) is 17.0. The predicted octanol–water partition coefficient (Wildman–Crippen LogP) is 3.35. The molecular weight excluding hydrogens is 324 g/mol. The number of imidazole rings is 1. The summed E-state index contributed by atoms with van der Waals surface area (Å²) >= 11 is 6.01. The van der Waals surface area contributed by atoms with E-state index in [0.29, 0.717) is 16.6 Å². The second-order valence-corrected chi connectivity index (χ2v) is 6.93. The molecule has 1 amide bonds. The molecule has 3 heterocycles. The van der Waals surface area contributed by atoms with Crippen LogP contribution >= 0.6 is 11.6 Å². The molecule has 6 heteroatoms. The highest BCUT2D eigenvalue weighted by molar-refractivity contribution is 6.31. The van der Waals surface area contributed by atoms with E-state index in [4.69, 9.17) is 11.6 Å². The van der Waals surface area contributed by atoms with E-state index in [1.807, 2.05) is 43.7 Å². The molecule has 24 heavy (non-hydrogen) atoms. The van der Waals surface area contributed by atoms with Gasteiger partial charge in [0.2, 0.25) is 0 Å². The Morgan fingerprint density at radius 3 is 3.21 bits per heavy atom. The Bertz CT molecular complexity index is 897. The zero-order chi connectivity index (χ0) is 16.7. The number of aromatic amines is 1. The van der Waals surface area contributed by atoms with Crippen molar-refractivity contribution in [1.29, 1.82) is 0 Å².